The second-order valence-corrected chi connectivity index (χ2v) is 4.79. The van der Waals surface area contributed by atoms with Crippen LogP contribution in [-0.4, -0.2) is 6.04 Å². The number of rotatable bonds is 1. The van der Waals surface area contributed by atoms with E-state index in [0.717, 1.165) is 17.8 Å². The first-order valence-corrected chi connectivity index (χ1v) is 6.08. The predicted molar refractivity (Wildman–Crippen MR) is 72.6 cm³/mol. The summed E-state index contributed by atoms with van der Waals surface area (Å²) in [6.45, 7) is 2.14. The van der Waals surface area contributed by atoms with Crippen molar-refractivity contribution in [2.45, 2.75) is 19.4 Å². The maximum atomic E-state index is 13.5. The average Bonchev–Trinajstić information content (AvgIpc) is 2.63. The molecule has 0 radical (unpaired) electrons. The molecule has 0 amide bonds. The average molecular weight is 242 g/mol. The number of hydrogen-bond acceptors (Lipinski definition) is 2. The molecule has 3 rings (SSSR count). The Bertz CT molecular complexity index is 575. The number of nitrogens with zero attached hydrogens (tertiary/aromatic N) is 1. The van der Waals surface area contributed by atoms with Crippen LogP contribution in [0.4, 0.5) is 21.5 Å². The largest absolute Gasteiger partial charge is 0.399 e. The lowest BCUT2D eigenvalue weighted by Gasteiger charge is -2.25. The van der Waals surface area contributed by atoms with Crippen LogP contribution in [0.25, 0.3) is 0 Å². The molecule has 1 atom stereocenters. The molecule has 0 spiro atoms. The first kappa shape index (κ1) is 11.1. The van der Waals surface area contributed by atoms with Crippen molar-refractivity contribution in [1.29, 1.82) is 0 Å². The summed E-state index contributed by atoms with van der Waals surface area (Å²) in [6.07, 6.45) is 0.979. The van der Waals surface area contributed by atoms with E-state index in [1.165, 1.54) is 17.7 Å². The van der Waals surface area contributed by atoms with Crippen LogP contribution in [0.5, 0.6) is 0 Å². The summed E-state index contributed by atoms with van der Waals surface area (Å²) in [7, 11) is 0. The van der Waals surface area contributed by atoms with Gasteiger partial charge in [0.2, 0.25) is 0 Å². The molecule has 0 saturated carbocycles. The number of fused-ring (bicyclic) bond motifs is 1. The third-order valence-corrected chi connectivity index (χ3v) is 3.39. The maximum Gasteiger partial charge on any atom is 0.127 e. The minimum Gasteiger partial charge on any atom is -0.399 e. The Labute approximate surface area is 106 Å². The monoisotopic (exact) mass is 242 g/mol. The van der Waals surface area contributed by atoms with E-state index in [4.69, 9.17) is 5.73 Å². The van der Waals surface area contributed by atoms with E-state index < -0.39 is 0 Å². The van der Waals surface area contributed by atoms with Crippen molar-refractivity contribution in [3.8, 4) is 0 Å². The molecular formula is C15H15FN2. The van der Waals surface area contributed by atoms with E-state index in [9.17, 15) is 4.39 Å². The van der Waals surface area contributed by atoms with Crippen molar-refractivity contribution < 1.29 is 4.39 Å². The Morgan fingerprint density at radius 3 is 2.78 bits per heavy atom. The van der Waals surface area contributed by atoms with Gasteiger partial charge in [-0.15, -0.1) is 0 Å². The van der Waals surface area contributed by atoms with Crippen molar-refractivity contribution in [2.75, 3.05) is 10.6 Å². The van der Waals surface area contributed by atoms with Gasteiger partial charge < -0.3 is 10.6 Å². The Morgan fingerprint density at radius 2 is 2.00 bits per heavy atom. The fourth-order valence-electron chi connectivity index (χ4n) is 2.69. The molecule has 1 unspecified atom stereocenters. The van der Waals surface area contributed by atoms with Crippen LogP contribution < -0.4 is 10.6 Å². The molecule has 2 nitrogen and oxygen atoms in total. The van der Waals surface area contributed by atoms with Gasteiger partial charge in [-0.05, 0) is 43.2 Å². The van der Waals surface area contributed by atoms with E-state index in [0.29, 0.717) is 11.7 Å². The lowest BCUT2D eigenvalue weighted by Crippen LogP contribution is -2.24. The highest BCUT2D eigenvalue weighted by molar-refractivity contribution is 5.72. The molecule has 0 saturated heterocycles. The topological polar surface area (TPSA) is 29.3 Å². The van der Waals surface area contributed by atoms with Crippen LogP contribution in [0, 0.1) is 5.82 Å². The number of anilines is 3. The van der Waals surface area contributed by atoms with Gasteiger partial charge >= 0.3 is 0 Å². The highest BCUT2D eigenvalue weighted by atomic mass is 19.1. The number of para-hydroxylation sites is 1. The molecule has 3 heteroatoms. The number of hydrogen-bond donors (Lipinski definition) is 1. The molecule has 2 N–H and O–H groups in total. The Hall–Kier alpha value is -2.03. The van der Waals surface area contributed by atoms with Crippen LogP contribution >= 0.6 is 0 Å². The van der Waals surface area contributed by atoms with Gasteiger partial charge in [-0.1, -0.05) is 18.2 Å². The zero-order valence-electron chi connectivity index (χ0n) is 10.2. The second-order valence-electron chi connectivity index (χ2n) is 4.79. The normalized spacial score (nSPS) is 17.9. The molecule has 0 bridgehead atoms. The summed E-state index contributed by atoms with van der Waals surface area (Å²) in [5, 5.41) is 0. The quantitative estimate of drug-likeness (QED) is 0.776. The van der Waals surface area contributed by atoms with Gasteiger partial charge in [0.25, 0.3) is 0 Å². The molecule has 0 aliphatic carbocycles. The molecule has 18 heavy (non-hydrogen) atoms. The zero-order chi connectivity index (χ0) is 12.7. The van der Waals surface area contributed by atoms with Gasteiger partial charge in [-0.3, -0.25) is 0 Å². The van der Waals surface area contributed by atoms with Crippen LogP contribution in [0.3, 0.4) is 0 Å². The first-order chi connectivity index (χ1) is 8.65. The van der Waals surface area contributed by atoms with E-state index in [1.54, 1.807) is 0 Å². The van der Waals surface area contributed by atoms with Crippen molar-refractivity contribution in [3.63, 3.8) is 0 Å². The number of nitrogen functional groups attached to an aromatic ring is 1. The maximum absolute atomic E-state index is 13.5. The lowest BCUT2D eigenvalue weighted by molar-refractivity contribution is 0.627. The van der Waals surface area contributed by atoms with Gasteiger partial charge in [0, 0.05) is 23.1 Å². The molecule has 2 aromatic rings. The molecule has 0 fully saturated rings. The molecular weight excluding hydrogens is 227 g/mol. The lowest BCUT2D eigenvalue weighted by atomic mass is 10.1. The molecule has 2 aromatic carbocycles. The fraction of sp³-hybridized carbons (Fsp3) is 0.200. The highest BCUT2D eigenvalue weighted by Crippen LogP contribution is 2.38. The summed E-state index contributed by atoms with van der Waals surface area (Å²) >= 11 is 0. The molecule has 0 aromatic heterocycles. The van der Waals surface area contributed by atoms with Gasteiger partial charge in [0.05, 0.1) is 0 Å². The van der Waals surface area contributed by atoms with Crippen LogP contribution in [-0.2, 0) is 6.42 Å². The molecule has 1 aliphatic heterocycles. The SMILES string of the molecule is CC1Cc2ccccc2N1c1cc(N)cc(F)c1. The Kier molecular flexibility index (Phi) is 2.47. The van der Waals surface area contributed by atoms with Crippen molar-refractivity contribution in [1.82, 2.24) is 0 Å². The second kappa shape index (κ2) is 4.02. The van der Waals surface area contributed by atoms with Crippen LogP contribution in [0.15, 0.2) is 42.5 Å². The smallest absolute Gasteiger partial charge is 0.127 e. The Morgan fingerprint density at radius 1 is 1.22 bits per heavy atom. The van der Waals surface area contributed by atoms with Crippen molar-refractivity contribution in [2.24, 2.45) is 0 Å². The summed E-state index contributed by atoms with van der Waals surface area (Å²) in [6, 6.07) is 13.3. The molecule has 1 aliphatic rings. The summed E-state index contributed by atoms with van der Waals surface area (Å²) in [5.74, 6) is -0.290. The molecule has 1 heterocycles. The zero-order valence-corrected chi connectivity index (χ0v) is 10.2. The minimum atomic E-state index is -0.290. The fourth-order valence-corrected chi connectivity index (χ4v) is 2.69. The van der Waals surface area contributed by atoms with E-state index in [2.05, 4.69) is 24.0 Å². The predicted octanol–water partition coefficient (Wildman–Crippen LogP) is 3.49. The number of halogens is 1. The summed E-state index contributed by atoms with van der Waals surface area (Å²) < 4.78 is 13.5. The van der Waals surface area contributed by atoms with Crippen LogP contribution in [0.2, 0.25) is 0 Å². The van der Waals surface area contributed by atoms with Gasteiger partial charge in [-0.2, -0.15) is 0 Å². The Balaban J connectivity index is 2.11. The molecule has 92 valence electrons. The number of nitrogens with two attached hydrogens (primary N) is 1. The van der Waals surface area contributed by atoms with E-state index in [-0.39, 0.29) is 5.82 Å². The van der Waals surface area contributed by atoms with E-state index >= 15 is 0 Å². The third-order valence-electron chi connectivity index (χ3n) is 3.39. The third kappa shape index (κ3) is 1.72. The highest BCUT2D eigenvalue weighted by Gasteiger charge is 2.27. The van der Waals surface area contributed by atoms with Crippen molar-refractivity contribution in [3.05, 3.63) is 53.8 Å². The van der Waals surface area contributed by atoms with E-state index in [1.807, 2.05) is 18.2 Å². The summed E-state index contributed by atoms with van der Waals surface area (Å²) in [4.78, 5) is 2.15. The van der Waals surface area contributed by atoms with Gasteiger partial charge in [0.1, 0.15) is 5.82 Å². The minimum absolute atomic E-state index is 0.290. The van der Waals surface area contributed by atoms with Gasteiger partial charge in [-0.25, -0.2) is 4.39 Å². The van der Waals surface area contributed by atoms with Crippen molar-refractivity contribution >= 4 is 17.1 Å². The standard InChI is InChI=1S/C15H15FN2/c1-10-6-11-4-2-3-5-15(11)18(10)14-8-12(16)7-13(17)9-14/h2-5,7-10H,6,17H2,1H3. The van der Waals surface area contributed by atoms with Crippen LogP contribution in [0.1, 0.15) is 12.5 Å². The van der Waals surface area contributed by atoms with Gasteiger partial charge in [0.15, 0.2) is 0 Å². The number of benzene rings is 2. The first-order valence-electron chi connectivity index (χ1n) is 6.08. The summed E-state index contributed by atoms with van der Waals surface area (Å²) in [5.41, 5.74) is 9.46.